The molecule has 0 aliphatic heterocycles. The predicted octanol–water partition coefficient (Wildman–Crippen LogP) is 2.56. The maximum absolute atomic E-state index is 12.0. The molecule has 124 valence electrons. The second-order valence-electron chi connectivity index (χ2n) is 5.49. The number of sulfonamides is 1. The number of carbonyl (C=O) groups excluding carboxylic acids is 1. The van der Waals surface area contributed by atoms with Crippen LogP contribution in [-0.2, 0) is 14.8 Å². The first-order valence-corrected chi connectivity index (χ1v) is 9.19. The topological polar surface area (TPSA) is 75.3 Å². The summed E-state index contributed by atoms with van der Waals surface area (Å²) in [7, 11) is -3.63. The third-order valence-electron chi connectivity index (χ3n) is 3.03. The predicted molar refractivity (Wildman–Crippen MR) is 88.3 cm³/mol. The van der Waals surface area contributed by atoms with Crippen molar-refractivity contribution in [3.63, 3.8) is 0 Å². The van der Waals surface area contributed by atoms with Crippen LogP contribution in [0.1, 0.15) is 33.1 Å². The minimum Gasteiger partial charge on any atom is -0.356 e. The smallest absolute Gasteiger partial charge is 0.240 e. The molecule has 0 spiro atoms. The van der Waals surface area contributed by atoms with Crippen LogP contribution in [0.2, 0.25) is 5.02 Å². The molecule has 1 aromatic carbocycles. The number of carbonyl (C=O) groups is 1. The summed E-state index contributed by atoms with van der Waals surface area (Å²) in [6, 6.07) is 6.00. The molecule has 0 radical (unpaired) electrons. The number of halogens is 1. The van der Waals surface area contributed by atoms with E-state index in [2.05, 4.69) is 23.9 Å². The molecular formula is C15H23ClN2O3S. The molecule has 0 atom stereocenters. The number of amides is 1. The number of hydrogen-bond donors (Lipinski definition) is 2. The number of benzene rings is 1. The van der Waals surface area contributed by atoms with E-state index in [1.807, 2.05) is 0 Å². The fourth-order valence-corrected chi connectivity index (χ4v) is 3.18. The van der Waals surface area contributed by atoms with Crippen molar-refractivity contribution < 1.29 is 13.2 Å². The average molecular weight is 347 g/mol. The van der Waals surface area contributed by atoms with Gasteiger partial charge in [-0.2, -0.15) is 0 Å². The van der Waals surface area contributed by atoms with E-state index in [1.54, 1.807) is 12.1 Å². The first-order chi connectivity index (χ1) is 10.3. The Bertz CT molecular complexity index is 588. The summed E-state index contributed by atoms with van der Waals surface area (Å²) in [6.07, 6.45) is 2.10. The second-order valence-corrected chi connectivity index (χ2v) is 7.69. The van der Waals surface area contributed by atoms with Crippen molar-refractivity contribution in [1.29, 1.82) is 0 Å². The Labute approximate surface area is 137 Å². The van der Waals surface area contributed by atoms with Crippen molar-refractivity contribution >= 4 is 27.5 Å². The highest BCUT2D eigenvalue weighted by Crippen LogP contribution is 2.14. The minimum atomic E-state index is -3.63. The van der Waals surface area contributed by atoms with Crippen LogP contribution in [0.3, 0.4) is 0 Å². The molecule has 0 saturated carbocycles. The van der Waals surface area contributed by atoms with Crippen molar-refractivity contribution in [1.82, 2.24) is 10.0 Å². The molecule has 5 nitrogen and oxygen atoms in total. The summed E-state index contributed by atoms with van der Waals surface area (Å²) in [5.74, 6) is 0.457. The lowest BCUT2D eigenvalue weighted by molar-refractivity contribution is -0.120. The van der Waals surface area contributed by atoms with E-state index >= 15 is 0 Å². The van der Waals surface area contributed by atoms with Gasteiger partial charge in [0.15, 0.2) is 0 Å². The van der Waals surface area contributed by atoms with Gasteiger partial charge in [-0.05, 0) is 37.0 Å². The third-order valence-corrected chi connectivity index (χ3v) is 4.72. The van der Waals surface area contributed by atoms with Gasteiger partial charge in [-0.1, -0.05) is 31.5 Å². The van der Waals surface area contributed by atoms with Crippen LogP contribution < -0.4 is 10.0 Å². The summed E-state index contributed by atoms with van der Waals surface area (Å²) in [5.41, 5.74) is 0. The molecule has 1 amide bonds. The van der Waals surface area contributed by atoms with Crippen molar-refractivity contribution in [3.8, 4) is 0 Å². The van der Waals surface area contributed by atoms with Gasteiger partial charge in [-0.25, -0.2) is 13.1 Å². The Morgan fingerprint density at radius 1 is 1.27 bits per heavy atom. The molecule has 1 rings (SSSR count). The normalized spacial score (nSPS) is 11.6. The van der Waals surface area contributed by atoms with Gasteiger partial charge in [-0.3, -0.25) is 4.79 Å². The molecular weight excluding hydrogens is 324 g/mol. The third kappa shape index (κ3) is 7.24. The molecule has 0 bridgehead atoms. The Morgan fingerprint density at radius 3 is 2.64 bits per heavy atom. The van der Waals surface area contributed by atoms with E-state index in [9.17, 15) is 13.2 Å². The summed E-state index contributed by atoms with van der Waals surface area (Å²) in [5, 5.41) is 3.13. The van der Waals surface area contributed by atoms with Gasteiger partial charge < -0.3 is 5.32 Å². The van der Waals surface area contributed by atoms with Crippen LogP contribution in [0.15, 0.2) is 29.2 Å². The van der Waals surface area contributed by atoms with E-state index in [1.165, 1.54) is 12.1 Å². The lowest BCUT2D eigenvalue weighted by Gasteiger charge is -2.08. The highest BCUT2D eigenvalue weighted by atomic mass is 35.5. The fourth-order valence-electron chi connectivity index (χ4n) is 1.84. The molecule has 2 N–H and O–H groups in total. The van der Waals surface area contributed by atoms with Crippen LogP contribution in [0, 0.1) is 5.92 Å². The van der Waals surface area contributed by atoms with Crippen LogP contribution in [0.25, 0.3) is 0 Å². The summed E-state index contributed by atoms with van der Waals surface area (Å²) < 4.78 is 26.4. The quantitative estimate of drug-likeness (QED) is 0.675. The molecule has 0 unspecified atom stereocenters. The van der Waals surface area contributed by atoms with Gasteiger partial charge in [0.1, 0.15) is 0 Å². The Kier molecular flexibility index (Phi) is 7.85. The van der Waals surface area contributed by atoms with E-state index in [0.717, 1.165) is 12.8 Å². The zero-order valence-corrected chi connectivity index (χ0v) is 14.5. The summed E-state index contributed by atoms with van der Waals surface area (Å²) >= 11 is 5.77. The molecule has 1 aromatic rings. The van der Waals surface area contributed by atoms with E-state index in [4.69, 9.17) is 11.6 Å². The maximum Gasteiger partial charge on any atom is 0.240 e. The van der Waals surface area contributed by atoms with E-state index in [-0.39, 0.29) is 23.8 Å². The highest BCUT2D eigenvalue weighted by Gasteiger charge is 2.14. The first kappa shape index (κ1) is 18.9. The van der Waals surface area contributed by atoms with Crippen molar-refractivity contribution in [3.05, 3.63) is 29.3 Å². The highest BCUT2D eigenvalue weighted by molar-refractivity contribution is 7.89. The van der Waals surface area contributed by atoms with Gasteiger partial charge >= 0.3 is 0 Å². The van der Waals surface area contributed by atoms with Gasteiger partial charge in [0.05, 0.1) is 4.90 Å². The molecule has 22 heavy (non-hydrogen) atoms. The molecule has 0 aromatic heterocycles. The molecule has 7 heteroatoms. The standard InChI is InChI=1S/C15H23ClN2O3S/c1-12(2)5-4-9-17-15(19)8-10-18-22(20,21)14-7-3-6-13(16)11-14/h3,6-7,11-12,18H,4-5,8-10H2,1-2H3,(H,17,19). The van der Waals surface area contributed by atoms with Crippen LogP contribution in [-0.4, -0.2) is 27.4 Å². The van der Waals surface area contributed by atoms with Crippen LogP contribution in [0.5, 0.6) is 0 Å². The molecule has 0 heterocycles. The largest absolute Gasteiger partial charge is 0.356 e. The van der Waals surface area contributed by atoms with Crippen molar-refractivity contribution in [2.24, 2.45) is 5.92 Å². The molecule has 0 aliphatic carbocycles. The first-order valence-electron chi connectivity index (χ1n) is 7.33. The van der Waals surface area contributed by atoms with Gasteiger partial charge in [0, 0.05) is 24.5 Å². The van der Waals surface area contributed by atoms with Crippen molar-refractivity contribution in [2.75, 3.05) is 13.1 Å². The number of nitrogens with one attached hydrogen (secondary N) is 2. The fraction of sp³-hybridized carbons (Fsp3) is 0.533. The van der Waals surface area contributed by atoms with Gasteiger partial charge in [0.2, 0.25) is 15.9 Å². The monoisotopic (exact) mass is 346 g/mol. The van der Waals surface area contributed by atoms with Crippen LogP contribution in [0.4, 0.5) is 0 Å². The summed E-state index contributed by atoms with van der Waals surface area (Å²) in [6.45, 7) is 4.95. The molecule has 0 aliphatic rings. The number of rotatable bonds is 9. The SMILES string of the molecule is CC(C)CCCNC(=O)CCNS(=O)(=O)c1cccc(Cl)c1. The lowest BCUT2D eigenvalue weighted by Crippen LogP contribution is -2.31. The van der Waals surface area contributed by atoms with E-state index in [0.29, 0.717) is 17.5 Å². The zero-order chi connectivity index (χ0) is 16.6. The average Bonchev–Trinajstić information content (AvgIpc) is 2.43. The number of hydrogen-bond acceptors (Lipinski definition) is 3. The Hall–Kier alpha value is -1.11. The van der Waals surface area contributed by atoms with Gasteiger partial charge in [0.25, 0.3) is 0 Å². The minimum absolute atomic E-state index is 0.0604. The maximum atomic E-state index is 12.0. The molecule has 0 fully saturated rings. The lowest BCUT2D eigenvalue weighted by atomic mass is 10.1. The van der Waals surface area contributed by atoms with Crippen LogP contribution >= 0.6 is 11.6 Å². The Morgan fingerprint density at radius 2 is 2.00 bits per heavy atom. The zero-order valence-electron chi connectivity index (χ0n) is 12.9. The summed E-state index contributed by atoms with van der Waals surface area (Å²) in [4.78, 5) is 11.7. The van der Waals surface area contributed by atoms with E-state index < -0.39 is 10.0 Å². The molecule has 0 saturated heterocycles. The van der Waals surface area contributed by atoms with Gasteiger partial charge in [-0.15, -0.1) is 0 Å². The second kappa shape index (κ2) is 9.12. The van der Waals surface area contributed by atoms with Crippen molar-refractivity contribution in [2.45, 2.75) is 38.0 Å². The Balaban J connectivity index is 2.32.